The van der Waals surface area contributed by atoms with E-state index in [1.54, 1.807) is 0 Å². The van der Waals surface area contributed by atoms with Gasteiger partial charge in [0.25, 0.3) is 0 Å². The van der Waals surface area contributed by atoms with Gasteiger partial charge in [0.2, 0.25) is 0 Å². The fourth-order valence-electron chi connectivity index (χ4n) is 1.64. The molecule has 2 atom stereocenters. The van der Waals surface area contributed by atoms with Crippen LogP contribution in [0, 0.1) is 0 Å². The van der Waals surface area contributed by atoms with E-state index in [-0.39, 0.29) is 24.9 Å². The van der Waals surface area contributed by atoms with Crippen molar-refractivity contribution in [1.29, 1.82) is 0 Å². The number of hydrogen-bond acceptors (Lipinski definition) is 5. The molecule has 1 rings (SSSR count). The highest BCUT2D eigenvalue weighted by atomic mass is 16.7. The van der Waals surface area contributed by atoms with E-state index < -0.39 is 0 Å². The van der Waals surface area contributed by atoms with Crippen LogP contribution < -0.4 is 0 Å². The van der Waals surface area contributed by atoms with Crippen LogP contribution >= 0.6 is 0 Å². The summed E-state index contributed by atoms with van der Waals surface area (Å²) in [6.45, 7) is 1.97. The molecule has 0 bridgehead atoms. The molecule has 0 amide bonds. The lowest BCUT2D eigenvalue weighted by atomic mass is 10.1. The quantitative estimate of drug-likeness (QED) is 0.501. The van der Waals surface area contributed by atoms with Crippen LogP contribution in [0.4, 0.5) is 0 Å². The third-order valence-corrected chi connectivity index (χ3v) is 2.20. The standard InChI is InChI=1S/C10H17NO4/c1-7-10(11(2)3)8(14-6-13-4)5-9(12)15-7/h5,7,10H,6H2,1-4H3/t7-,10+/m0/s1. The number of methoxy groups -OCH3 is 1. The van der Waals surface area contributed by atoms with E-state index in [2.05, 4.69) is 0 Å². The number of esters is 1. The molecule has 0 spiro atoms. The molecule has 5 heteroatoms. The molecule has 86 valence electrons. The smallest absolute Gasteiger partial charge is 0.334 e. The number of hydrogen-bond donors (Lipinski definition) is 0. The maximum absolute atomic E-state index is 11.2. The fourth-order valence-corrected chi connectivity index (χ4v) is 1.64. The molecule has 1 aliphatic rings. The molecule has 0 aromatic rings. The van der Waals surface area contributed by atoms with Crippen molar-refractivity contribution in [1.82, 2.24) is 4.90 Å². The van der Waals surface area contributed by atoms with Gasteiger partial charge in [0, 0.05) is 7.11 Å². The van der Waals surface area contributed by atoms with Gasteiger partial charge >= 0.3 is 5.97 Å². The molecule has 0 N–H and O–H groups in total. The molecule has 0 unspecified atom stereocenters. The van der Waals surface area contributed by atoms with E-state index in [1.165, 1.54) is 13.2 Å². The second-order valence-electron chi connectivity index (χ2n) is 3.65. The summed E-state index contributed by atoms with van der Waals surface area (Å²) in [7, 11) is 5.35. The van der Waals surface area contributed by atoms with Crippen LogP contribution in [-0.2, 0) is 19.0 Å². The van der Waals surface area contributed by atoms with Gasteiger partial charge in [-0.15, -0.1) is 0 Å². The molecule has 1 aliphatic heterocycles. The molecule has 0 saturated heterocycles. The van der Waals surface area contributed by atoms with Crippen molar-refractivity contribution in [3.8, 4) is 0 Å². The zero-order chi connectivity index (χ0) is 11.4. The first-order valence-electron chi connectivity index (χ1n) is 4.76. The summed E-state index contributed by atoms with van der Waals surface area (Å²) >= 11 is 0. The van der Waals surface area contributed by atoms with Gasteiger partial charge in [-0.05, 0) is 21.0 Å². The van der Waals surface area contributed by atoms with E-state index in [0.29, 0.717) is 5.76 Å². The van der Waals surface area contributed by atoms with E-state index in [1.807, 2.05) is 25.9 Å². The Hall–Kier alpha value is -1.07. The first-order chi connectivity index (χ1) is 7.06. The third-order valence-electron chi connectivity index (χ3n) is 2.20. The molecule has 0 fully saturated rings. The average molecular weight is 215 g/mol. The molecule has 5 nitrogen and oxygen atoms in total. The topological polar surface area (TPSA) is 48.0 Å². The zero-order valence-electron chi connectivity index (χ0n) is 9.52. The molecular formula is C10H17NO4. The van der Waals surface area contributed by atoms with Crippen molar-refractivity contribution < 1.29 is 19.0 Å². The van der Waals surface area contributed by atoms with E-state index >= 15 is 0 Å². The predicted molar refractivity (Wildman–Crippen MR) is 54.1 cm³/mol. The summed E-state index contributed by atoms with van der Waals surface area (Å²) in [5.41, 5.74) is 0. The summed E-state index contributed by atoms with van der Waals surface area (Å²) in [6, 6.07) is -0.0575. The number of nitrogens with zero attached hydrogens (tertiary/aromatic N) is 1. The lowest BCUT2D eigenvalue weighted by molar-refractivity contribution is -0.149. The average Bonchev–Trinajstić information content (AvgIpc) is 2.12. The first-order valence-corrected chi connectivity index (χ1v) is 4.76. The SMILES string of the molecule is COCOC1=CC(=O)O[C@@H](C)[C@H]1N(C)C. The Morgan fingerprint density at radius 3 is 2.73 bits per heavy atom. The maximum Gasteiger partial charge on any atom is 0.334 e. The summed E-state index contributed by atoms with van der Waals surface area (Å²) in [5, 5.41) is 0. The Bertz CT molecular complexity index is 262. The second kappa shape index (κ2) is 5.14. The Morgan fingerprint density at radius 1 is 1.53 bits per heavy atom. The van der Waals surface area contributed by atoms with Gasteiger partial charge in [-0.25, -0.2) is 4.79 Å². The van der Waals surface area contributed by atoms with E-state index in [4.69, 9.17) is 14.2 Å². The predicted octanol–water partition coefficient (Wildman–Crippen LogP) is 0.366. The van der Waals surface area contributed by atoms with Crippen LogP contribution in [0.25, 0.3) is 0 Å². The summed E-state index contributed by atoms with van der Waals surface area (Å²) in [6.07, 6.45) is 1.15. The highest BCUT2D eigenvalue weighted by Gasteiger charge is 2.32. The molecule has 15 heavy (non-hydrogen) atoms. The second-order valence-corrected chi connectivity index (χ2v) is 3.65. The number of carbonyl (C=O) groups is 1. The maximum atomic E-state index is 11.2. The van der Waals surface area contributed by atoms with Crippen molar-refractivity contribution in [3.05, 3.63) is 11.8 Å². The fraction of sp³-hybridized carbons (Fsp3) is 0.700. The van der Waals surface area contributed by atoms with Gasteiger partial charge in [0.15, 0.2) is 6.79 Å². The van der Waals surface area contributed by atoms with Gasteiger partial charge in [-0.2, -0.15) is 0 Å². The van der Waals surface area contributed by atoms with Crippen molar-refractivity contribution in [2.24, 2.45) is 0 Å². The largest absolute Gasteiger partial charge is 0.470 e. The van der Waals surface area contributed by atoms with Crippen LogP contribution in [0.2, 0.25) is 0 Å². The van der Waals surface area contributed by atoms with Crippen molar-refractivity contribution in [2.45, 2.75) is 19.1 Å². The molecular weight excluding hydrogens is 198 g/mol. The highest BCUT2D eigenvalue weighted by Crippen LogP contribution is 2.21. The van der Waals surface area contributed by atoms with Crippen LogP contribution in [0.5, 0.6) is 0 Å². The molecule has 0 radical (unpaired) electrons. The molecule has 0 aliphatic carbocycles. The Balaban J connectivity index is 2.79. The minimum Gasteiger partial charge on any atom is -0.470 e. The highest BCUT2D eigenvalue weighted by molar-refractivity contribution is 5.83. The number of cyclic esters (lactones) is 1. The van der Waals surface area contributed by atoms with Gasteiger partial charge in [-0.1, -0.05) is 0 Å². The minimum atomic E-state index is -0.369. The monoisotopic (exact) mass is 215 g/mol. The lowest BCUT2D eigenvalue weighted by Crippen LogP contribution is -2.45. The molecule has 1 heterocycles. The van der Waals surface area contributed by atoms with Crippen molar-refractivity contribution in [2.75, 3.05) is 28.0 Å². The summed E-state index contributed by atoms with van der Waals surface area (Å²) in [4.78, 5) is 13.1. The molecule has 0 aromatic heterocycles. The molecule has 0 aromatic carbocycles. The van der Waals surface area contributed by atoms with Crippen LogP contribution in [-0.4, -0.2) is 51.0 Å². The first kappa shape index (κ1) is 12.0. The number of carbonyl (C=O) groups excluding carboxylic acids is 1. The number of rotatable bonds is 4. The number of ether oxygens (including phenoxy) is 3. The summed E-state index contributed by atoms with van der Waals surface area (Å²) < 4.78 is 15.2. The third kappa shape index (κ3) is 2.94. The Labute approximate surface area is 89.6 Å². The van der Waals surface area contributed by atoms with Crippen LogP contribution in [0.1, 0.15) is 6.92 Å². The zero-order valence-corrected chi connectivity index (χ0v) is 9.52. The molecule has 0 saturated carbocycles. The summed E-state index contributed by atoms with van der Waals surface area (Å²) in [5.74, 6) is 0.220. The van der Waals surface area contributed by atoms with E-state index in [0.717, 1.165) is 0 Å². The van der Waals surface area contributed by atoms with Gasteiger partial charge in [0.1, 0.15) is 17.9 Å². The Kier molecular flexibility index (Phi) is 4.11. The normalized spacial score (nSPS) is 26.2. The van der Waals surface area contributed by atoms with Gasteiger partial charge in [-0.3, -0.25) is 4.90 Å². The van der Waals surface area contributed by atoms with Gasteiger partial charge in [0.05, 0.1) is 6.08 Å². The van der Waals surface area contributed by atoms with Crippen molar-refractivity contribution >= 4 is 5.97 Å². The van der Waals surface area contributed by atoms with Crippen molar-refractivity contribution in [3.63, 3.8) is 0 Å². The van der Waals surface area contributed by atoms with Crippen LogP contribution in [0.3, 0.4) is 0 Å². The minimum absolute atomic E-state index is 0.0575. The number of likely N-dealkylation sites (N-methyl/N-ethyl adjacent to an activating group) is 1. The Morgan fingerprint density at radius 2 is 2.20 bits per heavy atom. The van der Waals surface area contributed by atoms with E-state index in [9.17, 15) is 4.79 Å². The van der Waals surface area contributed by atoms with Gasteiger partial charge < -0.3 is 14.2 Å². The van der Waals surface area contributed by atoms with Crippen LogP contribution in [0.15, 0.2) is 11.8 Å². The lowest BCUT2D eigenvalue weighted by Gasteiger charge is -2.33.